The minimum absolute atomic E-state index is 0. The van der Waals surface area contributed by atoms with Gasteiger partial charge in [-0.25, -0.2) is 16.8 Å². The summed E-state index contributed by atoms with van der Waals surface area (Å²) in [6.45, 7) is 2.60. The maximum atomic E-state index is 11.3. The van der Waals surface area contributed by atoms with Crippen molar-refractivity contribution < 1.29 is 64.8 Å². The average molecular weight is 699 g/mol. The average Bonchev–Trinajstić information content (AvgIpc) is 3.56. The van der Waals surface area contributed by atoms with Crippen molar-refractivity contribution in [2.75, 3.05) is 23.0 Å². The Balaban J connectivity index is 0.00000433. The van der Waals surface area contributed by atoms with E-state index in [9.17, 15) is 25.9 Å². The van der Waals surface area contributed by atoms with E-state index in [1.165, 1.54) is 0 Å². The zero-order valence-electron chi connectivity index (χ0n) is 26.0. The molecule has 13 heteroatoms. The van der Waals surface area contributed by atoms with E-state index >= 15 is 0 Å². The minimum atomic E-state index is -4.35. The van der Waals surface area contributed by atoms with Gasteiger partial charge in [-0.05, 0) is 42.3 Å². The van der Waals surface area contributed by atoms with Crippen LogP contribution >= 0.6 is 11.3 Å². The van der Waals surface area contributed by atoms with Crippen molar-refractivity contribution in [3.8, 4) is 5.75 Å². The summed E-state index contributed by atoms with van der Waals surface area (Å²) in [7, 11) is -8.67. The monoisotopic (exact) mass is 698 g/mol. The van der Waals surface area contributed by atoms with Crippen molar-refractivity contribution in [1.29, 1.82) is 0 Å². The van der Waals surface area contributed by atoms with Gasteiger partial charge in [0.15, 0.2) is 12.3 Å². The second-order valence-electron chi connectivity index (χ2n) is 11.1. The van der Waals surface area contributed by atoms with Crippen LogP contribution in [0.25, 0.3) is 37.8 Å². The molecule has 0 spiro atoms. The van der Waals surface area contributed by atoms with Gasteiger partial charge in [0.2, 0.25) is 11.4 Å². The molecule has 0 N–H and O–H groups in total. The minimum Gasteiger partial charge on any atom is -0.748 e. The molecular formula is C34H31N2NaO7S3. The van der Waals surface area contributed by atoms with E-state index in [4.69, 9.17) is 4.74 Å². The van der Waals surface area contributed by atoms with E-state index < -0.39 is 31.7 Å². The summed E-state index contributed by atoms with van der Waals surface area (Å²) in [6, 6.07) is 23.9. The van der Waals surface area contributed by atoms with Crippen LogP contribution in [-0.2, 0) is 26.8 Å². The molecule has 0 saturated carbocycles. The van der Waals surface area contributed by atoms with Gasteiger partial charge in [0.05, 0.1) is 25.9 Å². The number of allylic oxidation sites excluding steroid dienone is 4. The summed E-state index contributed by atoms with van der Waals surface area (Å²) in [5.74, 6) is 0.289. The van der Waals surface area contributed by atoms with Gasteiger partial charge >= 0.3 is 29.6 Å². The van der Waals surface area contributed by atoms with Gasteiger partial charge in [-0.2, -0.15) is 4.57 Å². The molecule has 4 aromatic carbocycles. The number of aromatic nitrogens is 1. The van der Waals surface area contributed by atoms with Crippen LogP contribution in [0.3, 0.4) is 0 Å². The van der Waals surface area contributed by atoms with Gasteiger partial charge in [0.25, 0.3) is 5.01 Å². The molecular weight excluding hydrogens is 668 g/mol. The normalized spacial score (nSPS) is 14.7. The summed E-state index contributed by atoms with van der Waals surface area (Å²) in [6.07, 6.45) is 8.00. The van der Waals surface area contributed by atoms with Crippen LogP contribution < -0.4 is 43.8 Å². The van der Waals surface area contributed by atoms with Gasteiger partial charge in [-0.1, -0.05) is 83.7 Å². The van der Waals surface area contributed by atoms with Gasteiger partial charge in [0, 0.05) is 47.4 Å². The molecule has 0 aliphatic carbocycles. The number of aryl methyl sites for hydroxylation is 1. The van der Waals surface area contributed by atoms with Crippen LogP contribution in [0.5, 0.6) is 5.75 Å². The number of rotatable bonds is 11. The Bertz CT molecular complexity index is 2280. The number of nitrogens with zero attached hydrogens (tertiary/aromatic N) is 2. The third-order valence-electron chi connectivity index (χ3n) is 7.77. The molecule has 0 unspecified atom stereocenters. The molecule has 9 nitrogen and oxygen atoms in total. The quantitative estimate of drug-likeness (QED) is 0.0891. The summed E-state index contributed by atoms with van der Waals surface area (Å²) in [5.41, 5.74) is 2.67. The Hall–Kier alpha value is -3.07. The number of anilines is 1. The van der Waals surface area contributed by atoms with Crippen LogP contribution in [0.4, 0.5) is 5.69 Å². The maximum Gasteiger partial charge on any atom is 1.00 e. The van der Waals surface area contributed by atoms with E-state index in [-0.39, 0.29) is 48.9 Å². The molecule has 1 aliphatic rings. The van der Waals surface area contributed by atoms with Crippen molar-refractivity contribution >= 4 is 75.1 Å². The number of thiazole rings is 1. The standard InChI is InChI=1S/C34H32N2O7S3.Na/c1-24(12-18-31-35(20-6-22-45(37,38)39)29-16-14-25-8-2-4-10-27(25)33(29)43-31)13-19-32-36(21-7-23-46(40,41)42)30-17-15-26-9-3-5-11-28(26)34(30)44-32;/h2-5,8-19H,6-7,20-23H2,1H3,(H-,37,38,39,40,41,42);/q;+1/p-1. The van der Waals surface area contributed by atoms with E-state index in [0.717, 1.165) is 48.0 Å². The smallest absolute Gasteiger partial charge is 0.748 e. The second-order valence-corrected chi connectivity index (χ2v) is 15.2. The van der Waals surface area contributed by atoms with Crippen molar-refractivity contribution in [2.45, 2.75) is 26.3 Å². The van der Waals surface area contributed by atoms with Crippen LogP contribution in [0.2, 0.25) is 0 Å². The topological polar surface area (TPSA) is 131 Å². The number of hydrogen-bond donors (Lipinski definition) is 0. The molecule has 0 fully saturated rings. The van der Waals surface area contributed by atoms with Gasteiger partial charge in [0.1, 0.15) is 4.70 Å². The van der Waals surface area contributed by atoms with Crippen molar-refractivity contribution in [2.24, 2.45) is 0 Å². The molecule has 238 valence electrons. The summed E-state index contributed by atoms with van der Waals surface area (Å²) >= 11 is 1.60. The van der Waals surface area contributed by atoms with Crippen LogP contribution in [0, 0.1) is 0 Å². The Labute approximate surface area is 300 Å². The summed E-state index contributed by atoms with van der Waals surface area (Å²) < 4.78 is 77.2. The molecule has 0 atom stereocenters. The summed E-state index contributed by atoms with van der Waals surface area (Å²) in [5, 5.41) is 5.05. The van der Waals surface area contributed by atoms with E-state index in [1.54, 1.807) is 11.3 Å². The fourth-order valence-corrected chi connectivity index (χ4v) is 7.82. The fourth-order valence-electron chi connectivity index (χ4n) is 5.63. The Morgan fingerprint density at radius 2 is 1.51 bits per heavy atom. The van der Waals surface area contributed by atoms with E-state index in [2.05, 4.69) is 6.07 Å². The predicted molar refractivity (Wildman–Crippen MR) is 181 cm³/mol. The molecule has 5 aromatic rings. The zero-order chi connectivity index (χ0) is 32.5. The Kier molecular flexibility index (Phi) is 10.9. The first-order valence-corrected chi connectivity index (χ1v) is 18.7. The third kappa shape index (κ3) is 8.33. The van der Waals surface area contributed by atoms with Crippen molar-refractivity contribution in [1.82, 2.24) is 0 Å². The van der Waals surface area contributed by atoms with E-state index in [0.29, 0.717) is 18.2 Å². The van der Waals surface area contributed by atoms with Gasteiger partial charge < -0.3 is 18.7 Å². The molecule has 0 radical (unpaired) electrons. The van der Waals surface area contributed by atoms with Crippen molar-refractivity contribution in [3.63, 3.8) is 0 Å². The number of hydrogen-bond acceptors (Lipinski definition) is 9. The van der Waals surface area contributed by atoms with Crippen molar-refractivity contribution in [3.05, 3.63) is 107 Å². The summed E-state index contributed by atoms with van der Waals surface area (Å²) in [4.78, 5) is 1.88. The largest absolute Gasteiger partial charge is 1.00 e. The third-order valence-corrected chi connectivity index (χ3v) is 10.6. The van der Waals surface area contributed by atoms with Crippen LogP contribution in [0.1, 0.15) is 24.8 Å². The first-order valence-electron chi connectivity index (χ1n) is 14.7. The molecule has 0 amide bonds. The SMILES string of the molecule is CC(/C=C/c1sc2c3ccccc3ccc2[n+]1CCCS(=O)(=O)[O-])=C\C=C1/Oc2c(ccc3ccccc23)N1CCCS(=O)(=O)[O-].[Na+]. The first-order chi connectivity index (χ1) is 22.0. The van der Waals surface area contributed by atoms with Crippen LogP contribution in [0.15, 0.2) is 102 Å². The maximum absolute atomic E-state index is 11.3. The molecule has 1 aliphatic heterocycles. The molecule has 2 heterocycles. The Morgan fingerprint density at radius 3 is 2.23 bits per heavy atom. The fraction of sp³-hybridized carbons (Fsp3) is 0.206. The zero-order valence-corrected chi connectivity index (χ0v) is 30.4. The molecule has 47 heavy (non-hydrogen) atoms. The molecule has 0 bridgehead atoms. The number of fused-ring (bicyclic) bond motifs is 6. The Morgan fingerprint density at radius 1 is 0.872 bits per heavy atom. The van der Waals surface area contributed by atoms with Gasteiger partial charge in [-0.15, -0.1) is 0 Å². The number of ether oxygens (including phenoxy) is 1. The van der Waals surface area contributed by atoms with E-state index in [1.807, 2.05) is 107 Å². The predicted octanol–water partition coefficient (Wildman–Crippen LogP) is 3.07. The second kappa shape index (κ2) is 14.6. The van der Waals surface area contributed by atoms with Crippen LogP contribution in [-0.4, -0.2) is 44.0 Å². The molecule has 6 rings (SSSR count). The van der Waals surface area contributed by atoms with Gasteiger partial charge in [-0.3, -0.25) is 0 Å². The first kappa shape index (κ1) is 35.2. The molecule has 1 aromatic heterocycles. The number of benzene rings is 4. The molecule has 0 saturated heterocycles.